The maximum Gasteiger partial charge on any atom is 0.170 e. The first-order valence-electron chi connectivity index (χ1n) is 4.88. The number of fused-ring (bicyclic) bond motifs is 1. The molecule has 0 saturated carbocycles. The van der Waals surface area contributed by atoms with Gasteiger partial charge in [0.25, 0.3) is 0 Å². The molecule has 0 saturated heterocycles. The minimum absolute atomic E-state index is 0.0862. The summed E-state index contributed by atoms with van der Waals surface area (Å²) in [6, 6.07) is 2.08. The lowest BCUT2D eigenvalue weighted by Gasteiger charge is -1.92. The van der Waals surface area contributed by atoms with E-state index in [1.54, 1.807) is 19.1 Å². The molecule has 0 N–H and O–H groups in total. The molecule has 1 heterocycles. The summed E-state index contributed by atoms with van der Waals surface area (Å²) in [4.78, 5) is 0. The quantitative estimate of drug-likeness (QED) is 0.656. The number of hydrogen-bond donors (Lipinski definition) is 0. The summed E-state index contributed by atoms with van der Waals surface area (Å²) in [7, 11) is 0. The Labute approximate surface area is 91.7 Å². The van der Waals surface area contributed by atoms with Gasteiger partial charge in [-0.15, -0.1) is 5.73 Å². The molecule has 0 aliphatic rings. The van der Waals surface area contributed by atoms with Crippen LogP contribution in [0.5, 0.6) is 0 Å². The molecule has 2 rings (SSSR count). The Balaban J connectivity index is 2.77. The Bertz CT molecular complexity index is 602. The van der Waals surface area contributed by atoms with Gasteiger partial charge in [0, 0.05) is 23.1 Å². The second-order valence-electron chi connectivity index (χ2n) is 3.46. The van der Waals surface area contributed by atoms with Crippen LogP contribution in [0.4, 0.5) is 8.78 Å². The molecule has 0 spiro atoms. The highest BCUT2D eigenvalue weighted by atomic mass is 19.1. The molecule has 16 heavy (non-hydrogen) atoms. The van der Waals surface area contributed by atoms with Crippen molar-refractivity contribution in [3.63, 3.8) is 0 Å². The number of halogens is 2. The number of aryl methyl sites for hydroxylation is 1. The van der Waals surface area contributed by atoms with Crippen molar-refractivity contribution >= 4 is 17.0 Å². The molecule has 1 aromatic carbocycles. The number of rotatable bonds is 1. The molecule has 0 unspecified atom stereocenters. The molecule has 1 aromatic heterocycles. The molecule has 0 bridgehead atoms. The Hall–Kier alpha value is -1.86. The molecule has 0 aliphatic carbocycles. The number of hydrogen-bond acceptors (Lipinski definition) is 1. The van der Waals surface area contributed by atoms with Crippen molar-refractivity contribution in [1.29, 1.82) is 0 Å². The lowest BCUT2D eigenvalue weighted by molar-refractivity contribution is 0.541. The summed E-state index contributed by atoms with van der Waals surface area (Å²) < 4.78 is 31.7. The highest BCUT2D eigenvalue weighted by molar-refractivity contribution is 5.84. The topological polar surface area (TPSA) is 13.1 Å². The maximum atomic E-state index is 13.4. The third-order valence-electron chi connectivity index (χ3n) is 2.38. The van der Waals surface area contributed by atoms with Gasteiger partial charge in [-0.25, -0.2) is 8.78 Å². The summed E-state index contributed by atoms with van der Waals surface area (Å²) in [5.41, 5.74) is 3.64. The van der Waals surface area contributed by atoms with E-state index in [2.05, 4.69) is 5.73 Å². The van der Waals surface area contributed by atoms with E-state index in [0.29, 0.717) is 16.7 Å². The average molecular weight is 220 g/mol. The van der Waals surface area contributed by atoms with Gasteiger partial charge in [0.15, 0.2) is 11.4 Å². The molecule has 0 radical (unpaired) electrons. The third-order valence-corrected chi connectivity index (χ3v) is 2.38. The van der Waals surface area contributed by atoms with Gasteiger partial charge in [-0.05, 0) is 26.0 Å². The Morgan fingerprint density at radius 1 is 1.31 bits per heavy atom. The van der Waals surface area contributed by atoms with Gasteiger partial charge < -0.3 is 4.42 Å². The van der Waals surface area contributed by atoms with Crippen molar-refractivity contribution in [2.45, 2.75) is 13.8 Å². The van der Waals surface area contributed by atoms with Crippen molar-refractivity contribution in [3.05, 3.63) is 46.9 Å². The minimum Gasteiger partial charge on any atom is -0.453 e. The van der Waals surface area contributed by atoms with Crippen LogP contribution in [0.2, 0.25) is 0 Å². The zero-order valence-electron chi connectivity index (χ0n) is 8.97. The van der Waals surface area contributed by atoms with Crippen LogP contribution in [-0.4, -0.2) is 0 Å². The Morgan fingerprint density at radius 3 is 2.75 bits per heavy atom. The Kier molecular flexibility index (Phi) is 2.63. The second kappa shape index (κ2) is 3.95. The van der Waals surface area contributed by atoms with E-state index in [-0.39, 0.29) is 5.58 Å². The van der Waals surface area contributed by atoms with Crippen molar-refractivity contribution in [2.75, 3.05) is 0 Å². The summed E-state index contributed by atoms with van der Waals surface area (Å²) >= 11 is 0. The molecule has 2 aromatic rings. The van der Waals surface area contributed by atoms with Crippen LogP contribution >= 0.6 is 0 Å². The minimum atomic E-state index is -0.682. The van der Waals surface area contributed by atoms with E-state index >= 15 is 0 Å². The van der Waals surface area contributed by atoms with Gasteiger partial charge in [0.1, 0.15) is 11.6 Å². The second-order valence-corrected chi connectivity index (χ2v) is 3.46. The lowest BCUT2D eigenvalue weighted by atomic mass is 10.1. The lowest BCUT2D eigenvalue weighted by Crippen LogP contribution is -1.80. The normalized spacial score (nSPS) is 10.2. The van der Waals surface area contributed by atoms with Crippen LogP contribution in [0, 0.1) is 18.6 Å². The fourth-order valence-electron chi connectivity index (χ4n) is 1.56. The van der Waals surface area contributed by atoms with Crippen LogP contribution in [0.1, 0.15) is 18.2 Å². The molecular weight excluding hydrogens is 210 g/mol. The van der Waals surface area contributed by atoms with Gasteiger partial charge in [0.2, 0.25) is 0 Å². The summed E-state index contributed by atoms with van der Waals surface area (Å²) in [6.45, 7) is 3.57. The molecule has 0 fully saturated rings. The first-order valence-corrected chi connectivity index (χ1v) is 4.88. The van der Waals surface area contributed by atoms with Crippen LogP contribution in [-0.2, 0) is 0 Å². The number of benzene rings is 1. The van der Waals surface area contributed by atoms with Crippen LogP contribution < -0.4 is 0 Å². The molecule has 1 nitrogen and oxygen atoms in total. The third kappa shape index (κ3) is 1.66. The fraction of sp³-hybridized carbons (Fsp3) is 0.154. The molecule has 0 atom stereocenters. The largest absolute Gasteiger partial charge is 0.453 e. The summed E-state index contributed by atoms with van der Waals surface area (Å²) in [5.74, 6) is -0.786. The predicted molar refractivity (Wildman–Crippen MR) is 59.1 cm³/mol. The zero-order valence-corrected chi connectivity index (χ0v) is 8.97. The summed E-state index contributed by atoms with van der Waals surface area (Å²) in [6.07, 6.45) is 3.32. The highest BCUT2D eigenvalue weighted by Crippen LogP contribution is 2.28. The van der Waals surface area contributed by atoms with Crippen molar-refractivity contribution in [2.24, 2.45) is 0 Å². The van der Waals surface area contributed by atoms with Crippen molar-refractivity contribution in [1.82, 2.24) is 0 Å². The molecule has 3 heteroatoms. The predicted octanol–water partition coefficient (Wildman–Crippen LogP) is 4.21. The van der Waals surface area contributed by atoms with Crippen molar-refractivity contribution < 1.29 is 13.2 Å². The average Bonchev–Trinajstić information content (AvgIpc) is 2.54. The van der Waals surface area contributed by atoms with E-state index in [4.69, 9.17) is 4.42 Å². The van der Waals surface area contributed by atoms with Gasteiger partial charge in [-0.1, -0.05) is 0 Å². The van der Waals surface area contributed by atoms with Gasteiger partial charge in [0.05, 0.1) is 0 Å². The first-order chi connectivity index (χ1) is 7.63. The van der Waals surface area contributed by atoms with Gasteiger partial charge in [-0.3, -0.25) is 0 Å². The van der Waals surface area contributed by atoms with E-state index in [1.165, 1.54) is 6.07 Å². The highest BCUT2D eigenvalue weighted by Gasteiger charge is 2.13. The zero-order chi connectivity index (χ0) is 11.7. The van der Waals surface area contributed by atoms with E-state index < -0.39 is 11.6 Å². The molecule has 82 valence electrons. The summed E-state index contributed by atoms with van der Waals surface area (Å²) in [5, 5.41) is 0.460. The number of allylic oxidation sites excluding steroid dienone is 1. The standard InChI is InChI=1S/C13H10F2O/c1-3-4-5-12-8(2)10-6-9(14)7-11(15)13(10)16-12/h3,5-7H,1-2H3. The fourth-order valence-corrected chi connectivity index (χ4v) is 1.56. The molecule has 0 amide bonds. The van der Waals surface area contributed by atoms with E-state index in [1.807, 2.05) is 6.92 Å². The van der Waals surface area contributed by atoms with Crippen LogP contribution in [0.25, 0.3) is 17.0 Å². The van der Waals surface area contributed by atoms with E-state index in [9.17, 15) is 8.78 Å². The van der Waals surface area contributed by atoms with E-state index in [0.717, 1.165) is 6.07 Å². The monoisotopic (exact) mass is 220 g/mol. The van der Waals surface area contributed by atoms with Crippen LogP contribution in [0.15, 0.2) is 28.4 Å². The molecular formula is C13H10F2O. The van der Waals surface area contributed by atoms with Crippen molar-refractivity contribution in [3.8, 4) is 0 Å². The van der Waals surface area contributed by atoms with Crippen LogP contribution in [0.3, 0.4) is 0 Å². The first kappa shape index (κ1) is 10.7. The smallest absolute Gasteiger partial charge is 0.170 e. The van der Waals surface area contributed by atoms with Gasteiger partial charge in [-0.2, -0.15) is 0 Å². The molecule has 0 aliphatic heterocycles. The Morgan fingerprint density at radius 2 is 2.06 bits per heavy atom. The SMILES string of the molecule is CC=C=Cc1oc2c(F)cc(F)cc2c1C. The van der Waals surface area contributed by atoms with Gasteiger partial charge >= 0.3 is 0 Å². The number of furan rings is 1. The maximum absolute atomic E-state index is 13.4.